The number of hydrogen-bond acceptors (Lipinski definition) is 4. The van der Waals surface area contributed by atoms with E-state index in [0.29, 0.717) is 0 Å². The van der Waals surface area contributed by atoms with Crippen molar-refractivity contribution >= 4 is 78.3 Å². The molecule has 0 atom stereocenters. The summed E-state index contributed by atoms with van der Waals surface area (Å²) in [7, 11) is -0.503. The average molecular weight is 702 g/mol. The zero-order valence-corrected chi connectivity index (χ0v) is 30.5. The lowest BCUT2D eigenvalue weighted by molar-refractivity contribution is 0.00578. The lowest BCUT2D eigenvalue weighted by Gasteiger charge is -2.32. The predicted octanol–water partition coefficient (Wildman–Crippen LogP) is 12.2. The highest BCUT2D eigenvalue weighted by Crippen LogP contribution is 2.42. The summed E-state index contributed by atoms with van der Waals surface area (Å²) in [6.07, 6.45) is 0. The molecule has 10 aromatic rings. The average Bonchev–Trinajstić information content (AvgIpc) is 3.91. The van der Waals surface area contributed by atoms with Gasteiger partial charge in [0.1, 0.15) is 22.3 Å². The van der Waals surface area contributed by atoms with Crippen molar-refractivity contribution in [1.29, 1.82) is 0 Å². The van der Waals surface area contributed by atoms with E-state index in [-0.39, 0.29) is 0 Å². The van der Waals surface area contributed by atoms with Crippen LogP contribution in [0.3, 0.4) is 0 Å². The Labute approximate surface area is 312 Å². The molecule has 5 nitrogen and oxygen atoms in total. The van der Waals surface area contributed by atoms with Crippen LogP contribution in [0.25, 0.3) is 93.6 Å². The molecule has 260 valence electrons. The minimum atomic E-state index is -0.503. The van der Waals surface area contributed by atoms with Crippen molar-refractivity contribution in [3.63, 3.8) is 0 Å². The predicted molar refractivity (Wildman–Crippen MR) is 222 cm³/mol. The van der Waals surface area contributed by atoms with Gasteiger partial charge in [0.25, 0.3) is 0 Å². The van der Waals surface area contributed by atoms with Crippen LogP contribution in [0, 0.1) is 0 Å². The molecular formula is C48H36BNO4. The third kappa shape index (κ3) is 4.54. The minimum Gasteiger partial charge on any atom is -0.456 e. The molecule has 7 aromatic carbocycles. The molecule has 0 bridgehead atoms. The Morgan fingerprint density at radius 1 is 0.444 bits per heavy atom. The zero-order chi connectivity index (χ0) is 36.3. The van der Waals surface area contributed by atoms with E-state index in [4.69, 9.17) is 18.1 Å². The third-order valence-electron chi connectivity index (χ3n) is 11.9. The highest BCUT2D eigenvalue weighted by atomic mass is 16.7. The molecule has 0 radical (unpaired) electrons. The molecule has 1 aliphatic heterocycles. The van der Waals surface area contributed by atoms with E-state index in [1.807, 2.05) is 12.1 Å². The first-order valence-corrected chi connectivity index (χ1v) is 18.6. The molecule has 4 heterocycles. The van der Waals surface area contributed by atoms with E-state index in [1.54, 1.807) is 0 Å². The molecule has 0 aliphatic carbocycles. The molecule has 0 spiro atoms. The second kappa shape index (κ2) is 11.2. The van der Waals surface area contributed by atoms with E-state index >= 15 is 0 Å². The van der Waals surface area contributed by atoms with Crippen LogP contribution in [0.15, 0.2) is 154 Å². The van der Waals surface area contributed by atoms with Gasteiger partial charge in [-0.05, 0) is 122 Å². The van der Waals surface area contributed by atoms with E-state index in [9.17, 15) is 0 Å². The standard InChI is InChI=1S/C48H36BNO4/c1-47(2)48(3,4)54-49(53-47)38-16-11-19-44-46(38)37-28-31(22-25-42(37)52-44)33-15-10-18-43-45(33)36-27-30(21-24-41(36)51-43)29-20-23-40-35(26-29)34-14-8-9-17-39(34)50(40)32-12-6-5-7-13-32/h5-28H,1-4H3. The fraction of sp³-hybridized carbons (Fsp3) is 0.125. The quantitative estimate of drug-likeness (QED) is 0.171. The first-order valence-electron chi connectivity index (χ1n) is 18.6. The molecule has 54 heavy (non-hydrogen) atoms. The number of furan rings is 2. The van der Waals surface area contributed by atoms with Gasteiger partial charge in [0.05, 0.1) is 22.2 Å². The molecule has 3 aromatic heterocycles. The Kier molecular flexibility index (Phi) is 6.53. The maximum Gasteiger partial charge on any atom is 0.495 e. The molecule has 0 amide bonds. The molecule has 11 rings (SSSR count). The largest absolute Gasteiger partial charge is 0.495 e. The first-order chi connectivity index (χ1) is 26.2. The fourth-order valence-corrected chi connectivity index (χ4v) is 8.44. The Hall–Kier alpha value is -6.08. The monoisotopic (exact) mass is 701 g/mol. The molecule has 1 fully saturated rings. The molecule has 0 unspecified atom stereocenters. The number of nitrogens with zero attached hydrogens (tertiary/aromatic N) is 1. The van der Waals surface area contributed by atoms with Gasteiger partial charge in [-0.2, -0.15) is 0 Å². The van der Waals surface area contributed by atoms with Crippen molar-refractivity contribution < 1.29 is 18.1 Å². The van der Waals surface area contributed by atoms with Crippen LogP contribution in [0.2, 0.25) is 0 Å². The Balaban J connectivity index is 1.06. The van der Waals surface area contributed by atoms with Gasteiger partial charge in [0, 0.05) is 38.0 Å². The van der Waals surface area contributed by atoms with Crippen LogP contribution < -0.4 is 5.46 Å². The number of benzene rings is 7. The number of para-hydroxylation sites is 2. The van der Waals surface area contributed by atoms with Crippen molar-refractivity contribution in [2.45, 2.75) is 38.9 Å². The van der Waals surface area contributed by atoms with E-state index in [1.165, 1.54) is 21.8 Å². The summed E-state index contributed by atoms with van der Waals surface area (Å²) in [5.41, 5.74) is 11.5. The highest BCUT2D eigenvalue weighted by Gasteiger charge is 2.52. The van der Waals surface area contributed by atoms with Gasteiger partial charge in [-0.1, -0.05) is 78.9 Å². The zero-order valence-electron chi connectivity index (χ0n) is 30.5. The maximum absolute atomic E-state index is 6.52. The number of aromatic nitrogens is 1. The fourth-order valence-electron chi connectivity index (χ4n) is 8.44. The van der Waals surface area contributed by atoms with Crippen LogP contribution in [0.5, 0.6) is 0 Å². The third-order valence-corrected chi connectivity index (χ3v) is 11.9. The van der Waals surface area contributed by atoms with Crippen LogP contribution in [-0.2, 0) is 9.31 Å². The molecular weight excluding hydrogens is 665 g/mol. The molecule has 0 N–H and O–H groups in total. The first kappa shape index (κ1) is 31.5. The Morgan fingerprint density at radius 2 is 1.02 bits per heavy atom. The Morgan fingerprint density at radius 3 is 1.78 bits per heavy atom. The molecule has 1 saturated heterocycles. The Bertz CT molecular complexity index is 3110. The topological polar surface area (TPSA) is 49.7 Å². The van der Waals surface area contributed by atoms with Gasteiger partial charge in [-0.25, -0.2) is 0 Å². The van der Waals surface area contributed by atoms with Gasteiger partial charge in [-0.3, -0.25) is 0 Å². The van der Waals surface area contributed by atoms with Crippen LogP contribution in [0.1, 0.15) is 27.7 Å². The summed E-state index contributed by atoms with van der Waals surface area (Å²) >= 11 is 0. The lowest BCUT2D eigenvalue weighted by Crippen LogP contribution is -2.41. The number of fused-ring (bicyclic) bond motifs is 9. The highest BCUT2D eigenvalue weighted by molar-refractivity contribution is 6.66. The summed E-state index contributed by atoms with van der Waals surface area (Å²) in [4.78, 5) is 0. The van der Waals surface area contributed by atoms with Gasteiger partial charge in [0.15, 0.2) is 0 Å². The second-order valence-corrected chi connectivity index (χ2v) is 15.5. The summed E-state index contributed by atoms with van der Waals surface area (Å²) in [5.74, 6) is 0. The van der Waals surface area contributed by atoms with Crippen molar-refractivity contribution in [3.8, 4) is 27.9 Å². The van der Waals surface area contributed by atoms with Crippen LogP contribution >= 0.6 is 0 Å². The van der Waals surface area contributed by atoms with E-state index in [0.717, 1.165) is 77.3 Å². The van der Waals surface area contributed by atoms with Crippen LogP contribution in [-0.4, -0.2) is 22.9 Å². The SMILES string of the molecule is CC1(C)OB(c2cccc3oc4ccc(-c5cccc6oc7ccc(-c8ccc9c(c8)c8ccccc8n9-c8ccccc8)cc7c56)cc4c23)OC1(C)C. The molecule has 1 aliphatic rings. The summed E-state index contributed by atoms with van der Waals surface area (Å²) in [6, 6.07) is 51.5. The second-order valence-electron chi connectivity index (χ2n) is 15.5. The van der Waals surface area contributed by atoms with Crippen molar-refractivity contribution in [2.75, 3.05) is 0 Å². The van der Waals surface area contributed by atoms with Crippen molar-refractivity contribution in [3.05, 3.63) is 146 Å². The van der Waals surface area contributed by atoms with Crippen molar-refractivity contribution in [1.82, 2.24) is 4.57 Å². The summed E-state index contributed by atoms with van der Waals surface area (Å²) in [5, 5.41) is 6.68. The summed E-state index contributed by atoms with van der Waals surface area (Å²) in [6.45, 7) is 8.34. The van der Waals surface area contributed by atoms with Gasteiger partial charge in [-0.15, -0.1) is 0 Å². The van der Waals surface area contributed by atoms with Gasteiger partial charge < -0.3 is 22.7 Å². The number of hydrogen-bond donors (Lipinski definition) is 0. The summed E-state index contributed by atoms with van der Waals surface area (Å²) < 4.78 is 28.3. The molecule has 0 saturated carbocycles. The van der Waals surface area contributed by atoms with Gasteiger partial charge >= 0.3 is 7.12 Å². The van der Waals surface area contributed by atoms with E-state index in [2.05, 4.69) is 166 Å². The minimum absolute atomic E-state index is 0.450. The van der Waals surface area contributed by atoms with E-state index < -0.39 is 18.3 Å². The van der Waals surface area contributed by atoms with Gasteiger partial charge in [0.2, 0.25) is 0 Å². The lowest BCUT2D eigenvalue weighted by atomic mass is 9.76. The van der Waals surface area contributed by atoms with Crippen molar-refractivity contribution in [2.24, 2.45) is 0 Å². The number of rotatable bonds is 4. The smallest absolute Gasteiger partial charge is 0.456 e. The normalized spacial score (nSPS) is 15.5. The molecule has 6 heteroatoms. The maximum atomic E-state index is 6.52. The van der Waals surface area contributed by atoms with Crippen LogP contribution in [0.4, 0.5) is 0 Å².